The quantitative estimate of drug-likeness (QED) is 0.405. The molecule has 2 aromatic carbocycles. The van der Waals surface area contributed by atoms with Gasteiger partial charge in [-0.3, -0.25) is 0 Å². The van der Waals surface area contributed by atoms with E-state index in [4.69, 9.17) is 4.74 Å². The largest absolute Gasteiger partial charge is 0.490 e. The molecule has 0 unspecified atom stereocenters. The molecule has 0 aliphatic heterocycles. The number of fused-ring (bicyclic) bond motifs is 1. The molecule has 2 heterocycles. The summed E-state index contributed by atoms with van der Waals surface area (Å²) in [6, 6.07) is 14.5. The highest BCUT2D eigenvalue weighted by Crippen LogP contribution is 2.40. The highest BCUT2D eigenvalue weighted by Gasteiger charge is 2.26. The predicted octanol–water partition coefficient (Wildman–Crippen LogP) is 5.03. The Hall–Kier alpha value is -3.54. The van der Waals surface area contributed by atoms with Crippen LogP contribution in [0.15, 0.2) is 48.8 Å². The van der Waals surface area contributed by atoms with Gasteiger partial charge in [-0.25, -0.2) is 4.98 Å². The standard InChI is InChI=1S/C25H24N6OS/c1-15(2)32-22-9-6-16(12-17(22)13-26)24-30-31-25(33-24)20-5-3-4-19-18(20)7-8-21(19)29-14-23-27-10-11-28-23/h3-6,9-12,15,21,29H,7-8,14H2,1-2H3,(H,27,28)/t21-/m1/s1. The van der Waals surface area contributed by atoms with E-state index in [1.165, 1.54) is 11.1 Å². The van der Waals surface area contributed by atoms with Crippen LogP contribution in [-0.2, 0) is 13.0 Å². The highest BCUT2D eigenvalue weighted by molar-refractivity contribution is 7.17. The van der Waals surface area contributed by atoms with E-state index in [1.54, 1.807) is 17.5 Å². The van der Waals surface area contributed by atoms with Gasteiger partial charge >= 0.3 is 0 Å². The van der Waals surface area contributed by atoms with E-state index in [2.05, 4.69) is 49.8 Å². The topological polar surface area (TPSA) is 99.5 Å². The molecule has 0 radical (unpaired) electrons. The molecule has 0 saturated carbocycles. The maximum absolute atomic E-state index is 9.55. The summed E-state index contributed by atoms with van der Waals surface area (Å²) in [7, 11) is 0. The molecule has 7 nitrogen and oxygen atoms in total. The van der Waals surface area contributed by atoms with Crippen molar-refractivity contribution in [1.29, 1.82) is 5.26 Å². The smallest absolute Gasteiger partial charge is 0.148 e. The van der Waals surface area contributed by atoms with Crippen LogP contribution < -0.4 is 10.1 Å². The van der Waals surface area contributed by atoms with Crippen molar-refractivity contribution >= 4 is 11.3 Å². The third-order valence-electron chi connectivity index (χ3n) is 5.71. The van der Waals surface area contributed by atoms with Gasteiger partial charge in [-0.05, 0) is 56.0 Å². The molecule has 0 spiro atoms. The number of ether oxygens (including phenoxy) is 1. The first-order valence-corrected chi connectivity index (χ1v) is 11.8. The molecule has 1 aliphatic carbocycles. The number of aromatic nitrogens is 4. The molecule has 1 aliphatic rings. The molecule has 33 heavy (non-hydrogen) atoms. The molecular formula is C25H24N6OS. The van der Waals surface area contributed by atoms with Gasteiger partial charge in [0.05, 0.1) is 18.2 Å². The summed E-state index contributed by atoms with van der Waals surface area (Å²) >= 11 is 1.55. The lowest BCUT2D eigenvalue weighted by Gasteiger charge is -2.13. The van der Waals surface area contributed by atoms with E-state index in [1.807, 2.05) is 38.2 Å². The Balaban J connectivity index is 1.39. The molecule has 0 saturated heterocycles. The lowest BCUT2D eigenvalue weighted by molar-refractivity contribution is 0.242. The third kappa shape index (κ3) is 4.38. The second-order valence-electron chi connectivity index (χ2n) is 8.28. The third-order valence-corrected chi connectivity index (χ3v) is 6.71. The lowest BCUT2D eigenvalue weighted by Crippen LogP contribution is -2.19. The molecular weight excluding hydrogens is 432 g/mol. The van der Waals surface area contributed by atoms with Crippen LogP contribution in [0.4, 0.5) is 0 Å². The molecule has 2 N–H and O–H groups in total. The number of benzene rings is 2. The van der Waals surface area contributed by atoms with Crippen molar-refractivity contribution in [3.8, 4) is 33.0 Å². The van der Waals surface area contributed by atoms with Crippen molar-refractivity contribution in [3.63, 3.8) is 0 Å². The summed E-state index contributed by atoms with van der Waals surface area (Å²) in [4.78, 5) is 7.44. The zero-order chi connectivity index (χ0) is 22.8. The van der Waals surface area contributed by atoms with Crippen LogP contribution in [0.3, 0.4) is 0 Å². The number of nitrogens with zero attached hydrogens (tertiary/aromatic N) is 4. The Labute approximate surface area is 196 Å². The van der Waals surface area contributed by atoms with Crippen LogP contribution in [0, 0.1) is 11.3 Å². The number of hydrogen-bond acceptors (Lipinski definition) is 7. The minimum absolute atomic E-state index is 0.00801. The fraction of sp³-hybridized carbons (Fsp3) is 0.280. The van der Waals surface area contributed by atoms with Crippen LogP contribution in [0.1, 0.15) is 48.8 Å². The van der Waals surface area contributed by atoms with Crippen molar-refractivity contribution in [2.75, 3.05) is 0 Å². The van der Waals surface area contributed by atoms with Crippen LogP contribution in [-0.4, -0.2) is 26.3 Å². The van der Waals surface area contributed by atoms with Gasteiger partial charge in [-0.2, -0.15) is 5.26 Å². The minimum Gasteiger partial charge on any atom is -0.490 e. The van der Waals surface area contributed by atoms with Crippen LogP contribution in [0.25, 0.3) is 21.1 Å². The maximum Gasteiger partial charge on any atom is 0.148 e. The Bertz CT molecular complexity index is 1300. The maximum atomic E-state index is 9.55. The van der Waals surface area contributed by atoms with Crippen molar-refractivity contribution in [2.24, 2.45) is 0 Å². The molecule has 0 amide bonds. The van der Waals surface area contributed by atoms with Gasteiger partial charge in [0.1, 0.15) is 27.7 Å². The van der Waals surface area contributed by atoms with Gasteiger partial charge in [0.2, 0.25) is 0 Å². The van der Waals surface area contributed by atoms with Gasteiger partial charge in [-0.15, -0.1) is 10.2 Å². The van der Waals surface area contributed by atoms with E-state index in [-0.39, 0.29) is 6.10 Å². The number of H-pyrrole nitrogens is 1. The van der Waals surface area contributed by atoms with Crippen molar-refractivity contribution in [3.05, 3.63) is 71.3 Å². The summed E-state index contributed by atoms with van der Waals surface area (Å²) in [5.74, 6) is 1.53. The minimum atomic E-state index is 0.00801. The highest BCUT2D eigenvalue weighted by atomic mass is 32.1. The second-order valence-corrected chi connectivity index (χ2v) is 9.26. The number of hydrogen-bond donors (Lipinski definition) is 2. The Morgan fingerprint density at radius 2 is 2.12 bits per heavy atom. The SMILES string of the molecule is CC(C)Oc1ccc(-c2nnc(-c3cccc4c3CC[C@H]4NCc3ncc[nH]3)s2)cc1C#N. The Morgan fingerprint density at radius 1 is 1.24 bits per heavy atom. The average molecular weight is 457 g/mol. The van der Waals surface area contributed by atoms with E-state index in [0.29, 0.717) is 23.9 Å². The van der Waals surface area contributed by atoms with Crippen molar-refractivity contribution in [2.45, 2.75) is 45.4 Å². The van der Waals surface area contributed by atoms with Crippen molar-refractivity contribution in [1.82, 2.24) is 25.5 Å². The van der Waals surface area contributed by atoms with E-state index >= 15 is 0 Å². The van der Waals surface area contributed by atoms with Gasteiger partial charge in [0.25, 0.3) is 0 Å². The number of imidazole rings is 1. The monoisotopic (exact) mass is 456 g/mol. The van der Waals surface area contributed by atoms with Crippen LogP contribution >= 0.6 is 11.3 Å². The average Bonchev–Trinajstić information content (AvgIpc) is 3.58. The molecule has 5 rings (SSSR count). The Kier molecular flexibility index (Phi) is 5.90. The zero-order valence-electron chi connectivity index (χ0n) is 18.5. The molecule has 166 valence electrons. The first-order chi connectivity index (χ1) is 16.1. The molecule has 2 aromatic heterocycles. The molecule has 0 fully saturated rings. The molecule has 8 heteroatoms. The van der Waals surface area contributed by atoms with Gasteiger partial charge in [-0.1, -0.05) is 29.5 Å². The fourth-order valence-corrected chi connectivity index (χ4v) is 5.13. The second kappa shape index (κ2) is 9.14. The lowest BCUT2D eigenvalue weighted by atomic mass is 10.0. The molecule has 0 bridgehead atoms. The van der Waals surface area contributed by atoms with Gasteiger partial charge in [0.15, 0.2) is 0 Å². The van der Waals surface area contributed by atoms with Crippen LogP contribution in [0.2, 0.25) is 0 Å². The van der Waals surface area contributed by atoms with E-state index in [0.717, 1.165) is 39.8 Å². The van der Waals surface area contributed by atoms with Crippen LogP contribution in [0.5, 0.6) is 5.75 Å². The summed E-state index contributed by atoms with van der Waals surface area (Å²) < 4.78 is 5.74. The summed E-state index contributed by atoms with van der Waals surface area (Å²) in [5.41, 5.74) is 5.16. The van der Waals surface area contributed by atoms with Gasteiger partial charge in [0, 0.05) is 29.6 Å². The number of nitrogens with one attached hydrogen (secondary N) is 2. The van der Waals surface area contributed by atoms with Crippen molar-refractivity contribution < 1.29 is 4.74 Å². The Morgan fingerprint density at radius 3 is 2.91 bits per heavy atom. The predicted molar refractivity (Wildman–Crippen MR) is 128 cm³/mol. The normalized spacial score (nSPS) is 14.9. The van der Waals surface area contributed by atoms with E-state index < -0.39 is 0 Å². The summed E-state index contributed by atoms with van der Waals surface area (Å²) in [6.07, 6.45) is 5.66. The number of rotatable bonds is 7. The summed E-state index contributed by atoms with van der Waals surface area (Å²) in [5, 5.41) is 23.8. The fourth-order valence-electron chi connectivity index (χ4n) is 4.24. The first kappa shape index (κ1) is 21.3. The summed E-state index contributed by atoms with van der Waals surface area (Å²) in [6.45, 7) is 4.60. The number of aromatic amines is 1. The zero-order valence-corrected chi connectivity index (χ0v) is 19.3. The first-order valence-electron chi connectivity index (χ1n) is 11.0. The number of nitriles is 1. The molecule has 4 aromatic rings. The molecule has 1 atom stereocenters. The van der Waals surface area contributed by atoms with E-state index in [9.17, 15) is 5.26 Å². The van der Waals surface area contributed by atoms with Gasteiger partial charge < -0.3 is 15.0 Å².